The summed E-state index contributed by atoms with van der Waals surface area (Å²) in [5, 5.41) is 0.596. The van der Waals surface area contributed by atoms with Crippen LogP contribution < -0.4 is 4.90 Å². The van der Waals surface area contributed by atoms with Crippen LogP contribution in [-0.2, 0) is 0 Å². The van der Waals surface area contributed by atoms with Crippen molar-refractivity contribution in [3.63, 3.8) is 0 Å². The average Bonchev–Trinajstić information content (AvgIpc) is 2.19. The van der Waals surface area contributed by atoms with Crippen LogP contribution in [-0.4, -0.2) is 23.1 Å². The van der Waals surface area contributed by atoms with Crippen LogP contribution >= 0.6 is 11.6 Å². The fraction of sp³-hybridized carbons (Fsp3) is 0.600. The highest BCUT2D eigenvalue weighted by molar-refractivity contribution is 6.30. The van der Waals surface area contributed by atoms with Crippen molar-refractivity contribution < 1.29 is 0 Å². The predicted molar refractivity (Wildman–Crippen MR) is 57.7 cm³/mol. The van der Waals surface area contributed by atoms with Crippen LogP contribution in [0.3, 0.4) is 0 Å². The lowest BCUT2D eigenvalue weighted by Crippen LogP contribution is -2.35. The quantitative estimate of drug-likeness (QED) is 0.714. The highest BCUT2D eigenvalue weighted by Gasteiger charge is 2.17. The lowest BCUT2D eigenvalue weighted by molar-refractivity contribution is 0.442. The smallest absolute Gasteiger partial charge is 0.225 e. The zero-order valence-corrected chi connectivity index (χ0v) is 9.04. The van der Waals surface area contributed by atoms with Gasteiger partial charge in [-0.05, 0) is 18.8 Å². The van der Waals surface area contributed by atoms with Crippen molar-refractivity contribution in [3.8, 4) is 0 Å². The van der Waals surface area contributed by atoms with Crippen LogP contribution in [0.25, 0.3) is 0 Å². The molecule has 2 heterocycles. The van der Waals surface area contributed by atoms with E-state index in [2.05, 4.69) is 21.8 Å². The lowest BCUT2D eigenvalue weighted by atomic mass is 10.0. The Hall–Kier alpha value is -0.830. The van der Waals surface area contributed by atoms with Gasteiger partial charge in [0.05, 0.1) is 17.4 Å². The van der Waals surface area contributed by atoms with E-state index in [4.69, 9.17) is 11.6 Å². The zero-order chi connectivity index (χ0) is 9.97. The summed E-state index contributed by atoms with van der Waals surface area (Å²) in [7, 11) is 0. The van der Waals surface area contributed by atoms with Gasteiger partial charge in [0, 0.05) is 13.1 Å². The van der Waals surface area contributed by atoms with E-state index >= 15 is 0 Å². The SMILES string of the molecule is CC1CCCN(c2ncc(Cl)cn2)C1. The minimum Gasteiger partial charge on any atom is -0.341 e. The van der Waals surface area contributed by atoms with E-state index in [0.717, 1.165) is 25.0 Å². The third kappa shape index (κ3) is 2.15. The van der Waals surface area contributed by atoms with Gasteiger partial charge in [0.15, 0.2) is 0 Å². The number of nitrogens with zero attached hydrogens (tertiary/aromatic N) is 3. The van der Waals surface area contributed by atoms with E-state index in [1.54, 1.807) is 12.4 Å². The minimum atomic E-state index is 0.596. The molecule has 0 aliphatic carbocycles. The summed E-state index contributed by atoms with van der Waals surface area (Å²) in [6.07, 6.45) is 5.85. The molecule has 1 aliphatic heterocycles. The first-order valence-electron chi connectivity index (χ1n) is 4.98. The summed E-state index contributed by atoms with van der Waals surface area (Å²) in [6, 6.07) is 0. The summed E-state index contributed by atoms with van der Waals surface area (Å²) >= 11 is 5.74. The number of aromatic nitrogens is 2. The molecule has 4 heteroatoms. The molecule has 0 spiro atoms. The molecule has 14 heavy (non-hydrogen) atoms. The molecule has 1 aromatic rings. The molecule has 1 saturated heterocycles. The standard InChI is InChI=1S/C10H14ClN3/c1-8-3-2-4-14(7-8)10-12-5-9(11)6-13-10/h5-6,8H,2-4,7H2,1H3. The van der Waals surface area contributed by atoms with Gasteiger partial charge in [0.2, 0.25) is 5.95 Å². The van der Waals surface area contributed by atoms with Gasteiger partial charge in [-0.15, -0.1) is 0 Å². The minimum absolute atomic E-state index is 0.596. The Morgan fingerprint density at radius 3 is 2.79 bits per heavy atom. The highest BCUT2D eigenvalue weighted by atomic mass is 35.5. The summed E-state index contributed by atoms with van der Waals surface area (Å²) < 4.78 is 0. The second kappa shape index (κ2) is 4.13. The molecule has 1 unspecified atom stereocenters. The Balaban J connectivity index is 2.10. The van der Waals surface area contributed by atoms with Gasteiger partial charge < -0.3 is 4.90 Å². The first-order valence-corrected chi connectivity index (χ1v) is 5.36. The van der Waals surface area contributed by atoms with Crippen LogP contribution in [0.2, 0.25) is 5.02 Å². The predicted octanol–water partition coefficient (Wildman–Crippen LogP) is 2.37. The molecule has 1 aliphatic rings. The molecular weight excluding hydrogens is 198 g/mol. The number of piperidine rings is 1. The Kier molecular flexibility index (Phi) is 2.87. The average molecular weight is 212 g/mol. The van der Waals surface area contributed by atoms with Crippen molar-refractivity contribution in [2.75, 3.05) is 18.0 Å². The molecule has 0 N–H and O–H groups in total. The number of hydrogen-bond donors (Lipinski definition) is 0. The van der Waals surface area contributed by atoms with Crippen molar-refractivity contribution in [1.82, 2.24) is 9.97 Å². The number of hydrogen-bond acceptors (Lipinski definition) is 3. The van der Waals surface area contributed by atoms with Crippen LogP contribution in [0.1, 0.15) is 19.8 Å². The van der Waals surface area contributed by atoms with Crippen molar-refractivity contribution in [3.05, 3.63) is 17.4 Å². The second-order valence-corrected chi connectivity index (χ2v) is 4.33. The normalized spacial score (nSPS) is 22.4. The number of anilines is 1. The monoisotopic (exact) mass is 211 g/mol. The first-order chi connectivity index (χ1) is 6.75. The highest BCUT2D eigenvalue weighted by Crippen LogP contribution is 2.19. The topological polar surface area (TPSA) is 29.0 Å². The van der Waals surface area contributed by atoms with Crippen LogP contribution in [0.5, 0.6) is 0 Å². The fourth-order valence-corrected chi connectivity index (χ4v) is 1.94. The fourth-order valence-electron chi connectivity index (χ4n) is 1.84. The Bertz CT molecular complexity index is 299. The Morgan fingerprint density at radius 1 is 1.43 bits per heavy atom. The number of rotatable bonds is 1. The molecule has 3 nitrogen and oxygen atoms in total. The summed E-state index contributed by atoms with van der Waals surface area (Å²) in [4.78, 5) is 10.7. The van der Waals surface area contributed by atoms with Gasteiger partial charge in [0.25, 0.3) is 0 Å². The van der Waals surface area contributed by atoms with Gasteiger partial charge in [-0.3, -0.25) is 0 Å². The van der Waals surface area contributed by atoms with Gasteiger partial charge in [0.1, 0.15) is 0 Å². The van der Waals surface area contributed by atoms with E-state index in [1.165, 1.54) is 12.8 Å². The maximum atomic E-state index is 5.74. The molecule has 76 valence electrons. The molecule has 2 rings (SSSR count). The molecule has 1 fully saturated rings. The van der Waals surface area contributed by atoms with Crippen LogP contribution in [0.4, 0.5) is 5.95 Å². The van der Waals surface area contributed by atoms with E-state index in [0.29, 0.717) is 5.02 Å². The van der Waals surface area contributed by atoms with Crippen molar-refractivity contribution in [2.24, 2.45) is 5.92 Å². The van der Waals surface area contributed by atoms with Crippen LogP contribution in [0.15, 0.2) is 12.4 Å². The molecule has 0 bridgehead atoms. The molecule has 0 amide bonds. The zero-order valence-electron chi connectivity index (χ0n) is 8.28. The van der Waals surface area contributed by atoms with Crippen molar-refractivity contribution >= 4 is 17.5 Å². The maximum absolute atomic E-state index is 5.74. The Labute approximate surface area is 89.1 Å². The molecule has 1 atom stereocenters. The lowest BCUT2D eigenvalue weighted by Gasteiger charge is -2.30. The first kappa shape index (κ1) is 9.71. The summed E-state index contributed by atoms with van der Waals surface area (Å²) in [5.74, 6) is 1.55. The van der Waals surface area contributed by atoms with Gasteiger partial charge >= 0.3 is 0 Å². The second-order valence-electron chi connectivity index (χ2n) is 3.89. The summed E-state index contributed by atoms with van der Waals surface area (Å²) in [5.41, 5.74) is 0. The van der Waals surface area contributed by atoms with E-state index in [1.807, 2.05) is 0 Å². The molecule has 0 saturated carbocycles. The maximum Gasteiger partial charge on any atom is 0.225 e. The number of halogens is 1. The van der Waals surface area contributed by atoms with E-state index in [9.17, 15) is 0 Å². The molecule has 1 aromatic heterocycles. The van der Waals surface area contributed by atoms with Gasteiger partial charge in [-0.1, -0.05) is 18.5 Å². The van der Waals surface area contributed by atoms with E-state index in [-0.39, 0.29) is 0 Å². The van der Waals surface area contributed by atoms with Crippen molar-refractivity contribution in [1.29, 1.82) is 0 Å². The van der Waals surface area contributed by atoms with Gasteiger partial charge in [-0.2, -0.15) is 0 Å². The Morgan fingerprint density at radius 2 is 2.14 bits per heavy atom. The van der Waals surface area contributed by atoms with E-state index < -0.39 is 0 Å². The summed E-state index contributed by atoms with van der Waals surface area (Å²) in [6.45, 7) is 4.38. The third-order valence-electron chi connectivity index (χ3n) is 2.55. The van der Waals surface area contributed by atoms with Crippen molar-refractivity contribution in [2.45, 2.75) is 19.8 Å². The van der Waals surface area contributed by atoms with Crippen LogP contribution in [0, 0.1) is 5.92 Å². The molecular formula is C10H14ClN3. The molecule has 0 radical (unpaired) electrons. The largest absolute Gasteiger partial charge is 0.341 e. The molecule has 0 aromatic carbocycles. The third-order valence-corrected chi connectivity index (χ3v) is 2.74. The van der Waals surface area contributed by atoms with Gasteiger partial charge in [-0.25, -0.2) is 9.97 Å².